The summed E-state index contributed by atoms with van der Waals surface area (Å²) in [5.74, 6) is 0.171. The molecular formula is C17H19ClFNO2. The Labute approximate surface area is 133 Å². The number of rotatable bonds is 2. The second-order valence-electron chi connectivity index (χ2n) is 7.54. The highest BCUT2D eigenvalue weighted by atomic mass is 35.5. The number of aliphatic hydroxyl groups is 1. The van der Waals surface area contributed by atoms with Crippen molar-refractivity contribution in [2.75, 3.05) is 5.32 Å². The lowest BCUT2D eigenvalue weighted by molar-refractivity contribution is -0.174. The molecule has 0 spiro atoms. The van der Waals surface area contributed by atoms with Gasteiger partial charge in [0.05, 0.1) is 16.7 Å². The van der Waals surface area contributed by atoms with Gasteiger partial charge in [0.2, 0.25) is 5.91 Å². The van der Waals surface area contributed by atoms with Crippen molar-refractivity contribution in [3.8, 4) is 0 Å². The van der Waals surface area contributed by atoms with E-state index in [1.807, 2.05) is 0 Å². The summed E-state index contributed by atoms with van der Waals surface area (Å²) in [6.45, 7) is 0. The van der Waals surface area contributed by atoms with Gasteiger partial charge in [0.15, 0.2) is 0 Å². The number of amides is 1. The summed E-state index contributed by atoms with van der Waals surface area (Å²) in [6, 6.07) is 4.25. The van der Waals surface area contributed by atoms with Crippen molar-refractivity contribution in [3.05, 3.63) is 29.0 Å². The summed E-state index contributed by atoms with van der Waals surface area (Å²) in [5, 5.41) is 13.7. The van der Waals surface area contributed by atoms with Crippen molar-refractivity contribution in [2.24, 2.45) is 17.3 Å². The van der Waals surface area contributed by atoms with Crippen LogP contribution in [0.5, 0.6) is 0 Å². The number of hydrogen-bond donors (Lipinski definition) is 2. The highest BCUT2D eigenvalue weighted by Crippen LogP contribution is 2.61. The average molecular weight is 324 g/mol. The Morgan fingerprint density at radius 2 is 1.95 bits per heavy atom. The van der Waals surface area contributed by atoms with Crippen LogP contribution < -0.4 is 5.32 Å². The van der Waals surface area contributed by atoms with Gasteiger partial charge in [0, 0.05) is 5.02 Å². The maximum absolute atomic E-state index is 13.9. The molecule has 3 nitrogen and oxygen atoms in total. The van der Waals surface area contributed by atoms with Gasteiger partial charge in [-0.1, -0.05) is 11.6 Å². The van der Waals surface area contributed by atoms with Crippen LogP contribution in [0, 0.1) is 23.1 Å². The molecule has 4 aliphatic carbocycles. The Morgan fingerprint density at radius 3 is 2.55 bits per heavy atom. The fourth-order valence-corrected chi connectivity index (χ4v) is 5.48. The Kier molecular flexibility index (Phi) is 3.08. The minimum Gasteiger partial charge on any atom is -0.390 e. The van der Waals surface area contributed by atoms with E-state index < -0.39 is 16.8 Å². The lowest BCUT2D eigenvalue weighted by Crippen LogP contribution is -2.59. The highest BCUT2D eigenvalue weighted by molar-refractivity contribution is 6.30. The van der Waals surface area contributed by atoms with Gasteiger partial charge < -0.3 is 10.4 Å². The summed E-state index contributed by atoms with van der Waals surface area (Å²) >= 11 is 5.74. The Morgan fingerprint density at radius 1 is 1.27 bits per heavy atom. The van der Waals surface area contributed by atoms with E-state index in [1.165, 1.54) is 12.1 Å². The molecule has 2 N–H and O–H groups in total. The zero-order valence-corrected chi connectivity index (χ0v) is 13.0. The van der Waals surface area contributed by atoms with Gasteiger partial charge >= 0.3 is 0 Å². The molecule has 118 valence electrons. The van der Waals surface area contributed by atoms with E-state index in [-0.39, 0.29) is 11.6 Å². The molecule has 0 heterocycles. The number of nitrogens with one attached hydrogen (secondary N) is 1. The summed E-state index contributed by atoms with van der Waals surface area (Å²) < 4.78 is 13.9. The quantitative estimate of drug-likeness (QED) is 0.871. The molecule has 22 heavy (non-hydrogen) atoms. The van der Waals surface area contributed by atoms with E-state index in [9.17, 15) is 14.3 Å². The fraction of sp³-hybridized carbons (Fsp3) is 0.588. The Hall–Kier alpha value is -1.13. The van der Waals surface area contributed by atoms with Gasteiger partial charge in [-0.2, -0.15) is 0 Å². The van der Waals surface area contributed by atoms with Crippen LogP contribution in [0.1, 0.15) is 38.5 Å². The number of halogens is 2. The zero-order chi connectivity index (χ0) is 15.5. The summed E-state index contributed by atoms with van der Waals surface area (Å²) in [6.07, 6.45) is 4.88. The molecule has 4 aliphatic rings. The minimum absolute atomic E-state index is 0.152. The van der Waals surface area contributed by atoms with Crippen molar-refractivity contribution in [1.82, 2.24) is 0 Å². The van der Waals surface area contributed by atoms with Gasteiger partial charge in [0.1, 0.15) is 5.82 Å². The van der Waals surface area contributed by atoms with Crippen molar-refractivity contribution < 1.29 is 14.3 Å². The SMILES string of the molecule is O=C(Nc1ccc(Cl)cc1F)C12C[C@@H]3C[C@@H](CC(O)(C3)C1)C2. The molecule has 0 radical (unpaired) electrons. The molecule has 1 aromatic carbocycles. The molecule has 4 atom stereocenters. The van der Waals surface area contributed by atoms with Crippen LogP contribution in [-0.4, -0.2) is 16.6 Å². The maximum atomic E-state index is 13.9. The third kappa shape index (κ3) is 2.24. The normalized spacial score (nSPS) is 39.0. The molecule has 1 aromatic rings. The first-order valence-electron chi connectivity index (χ1n) is 7.86. The number of anilines is 1. The molecular weight excluding hydrogens is 305 g/mol. The van der Waals surface area contributed by atoms with Crippen LogP contribution in [0.4, 0.5) is 10.1 Å². The number of hydrogen-bond acceptors (Lipinski definition) is 2. The van der Waals surface area contributed by atoms with Gasteiger partial charge in [0.25, 0.3) is 0 Å². The monoisotopic (exact) mass is 323 g/mol. The zero-order valence-electron chi connectivity index (χ0n) is 12.2. The number of carbonyl (C=O) groups is 1. The fourth-order valence-electron chi connectivity index (χ4n) is 5.33. The molecule has 0 saturated heterocycles. The first kappa shape index (κ1) is 14.5. The molecule has 2 unspecified atom stereocenters. The van der Waals surface area contributed by atoms with Gasteiger partial charge in [-0.25, -0.2) is 4.39 Å². The lowest BCUT2D eigenvalue weighted by Gasteiger charge is -2.59. The second kappa shape index (κ2) is 4.68. The van der Waals surface area contributed by atoms with E-state index in [0.29, 0.717) is 23.3 Å². The smallest absolute Gasteiger partial charge is 0.230 e. The molecule has 0 aliphatic heterocycles. The molecule has 5 heteroatoms. The van der Waals surface area contributed by atoms with Crippen LogP contribution in [0.3, 0.4) is 0 Å². The van der Waals surface area contributed by atoms with Crippen molar-refractivity contribution in [2.45, 2.75) is 44.1 Å². The van der Waals surface area contributed by atoms with Gasteiger partial charge in [-0.15, -0.1) is 0 Å². The maximum Gasteiger partial charge on any atom is 0.230 e. The topological polar surface area (TPSA) is 49.3 Å². The largest absolute Gasteiger partial charge is 0.390 e. The molecule has 4 saturated carbocycles. The first-order chi connectivity index (χ1) is 10.4. The first-order valence-corrected chi connectivity index (χ1v) is 8.24. The van der Waals surface area contributed by atoms with Crippen LogP contribution >= 0.6 is 11.6 Å². The van der Waals surface area contributed by atoms with Crippen LogP contribution in [0.2, 0.25) is 5.02 Å². The second-order valence-corrected chi connectivity index (χ2v) is 7.98. The summed E-state index contributed by atoms with van der Waals surface area (Å²) in [4.78, 5) is 12.8. The van der Waals surface area contributed by atoms with E-state index in [4.69, 9.17) is 11.6 Å². The predicted molar refractivity (Wildman–Crippen MR) is 82.1 cm³/mol. The Balaban J connectivity index is 1.60. The van der Waals surface area contributed by atoms with E-state index in [2.05, 4.69) is 5.32 Å². The summed E-state index contributed by atoms with van der Waals surface area (Å²) in [7, 11) is 0. The van der Waals surface area contributed by atoms with E-state index >= 15 is 0 Å². The molecule has 4 fully saturated rings. The number of benzene rings is 1. The summed E-state index contributed by atoms with van der Waals surface area (Å²) in [5.41, 5.74) is -1.07. The Bertz CT molecular complexity index is 634. The number of carbonyl (C=O) groups excluding carboxylic acids is 1. The molecule has 1 amide bonds. The standard InChI is InChI=1S/C17H19ClFNO2/c18-12-1-2-14(13(19)4-12)20-15(21)16-5-10-3-11(6-16)8-17(22,7-10)9-16/h1-2,4,10-11,22H,3,5-9H2,(H,20,21)/t10-,11+,16?,17?. The molecule has 5 rings (SSSR count). The van der Waals surface area contributed by atoms with Crippen molar-refractivity contribution in [1.29, 1.82) is 0 Å². The lowest BCUT2D eigenvalue weighted by atomic mass is 9.47. The molecule has 4 bridgehead atoms. The van der Waals surface area contributed by atoms with Crippen LogP contribution in [-0.2, 0) is 4.79 Å². The average Bonchev–Trinajstić information content (AvgIpc) is 2.39. The van der Waals surface area contributed by atoms with Crippen LogP contribution in [0.15, 0.2) is 18.2 Å². The minimum atomic E-state index is -0.694. The van der Waals surface area contributed by atoms with E-state index in [0.717, 1.165) is 32.1 Å². The van der Waals surface area contributed by atoms with Gasteiger partial charge in [-0.3, -0.25) is 4.79 Å². The third-order valence-corrected chi connectivity index (χ3v) is 5.93. The van der Waals surface area contributed by atoms with Crippen molar-refractivity contribution in [3.63, 3.8) is 0 Å². The third-order valence-electron chi connectivity index (χ3n) is 5.69. The van der Waals surface area contributed by atoms with E-state index in [1.54, 1.807) is 6.07 Å². The van der Waals surface area contributed by atoms with Crippen LogP contribution in [0.25, 0.3) is 0 Å². The van der Waals surface area contributed by atoms with Gasteiger partial charge in [-0.05, 0) is 68.6 Å². The predicted octanol–water partition coefficient (Wildman–Crippen LogP) is 3.75. The molecule has 0 aromatic heterocycles. The van der Waals surface area contributed by atoms with Crippen molar-refractivity contribution >= 4 is 23.2 Å². The highest BCUT2D eigenvalue weighted by Gasteiger charge is 2.60.